The normalized spacial score (nSPS) is 17.1. The molecule has 1 aliphatic rings. The molecule has 1 aromatic rings. The molecular weight excluding hydrogens is 342 g/mol. The number of alkyl carbamates (subject to hydrolysis) is 1. The van der Waals surface area contributed by atoms with E-state index in [1.54, 1.807) is 13.0 Å². The molecule has 1 aliphatic heterocycles. The summed E-state index contributed by atoms with van der Waals surface area (Å²) in [6.07, 6.45) is 0.301. The van der Waals surface area contributed by atoms with Gasteiger partial charge < -0.3 is 19.7 Å². The first-order chi connectivity index (χ1) is 11.7. The van der Waals surface area contributed by atoms with Gasteiger partial charge in [0.15, 0.2) is 0 Å². The van der Waals surface area contributed by atoms with Crippen molar-refractivity contribution < 1.29 is 19.1 Å². The van der Waals surface area contributed by atoms with Gasteiger partial charge in [0.05, 0.1) is 18.2 Å². The summed E-state index contributed by atoms with van der Waals surface area (Å²) in [6.45, 7) is 8.74. The zero-order chi connectivity index (χ0) is 18.6. The number of carbonyl (C=O) groups is 2. The zero-order valence-electron chi connectivity index (χ0n) is 14.9. The molecular formula is C17H23N3O4S. The maximum atomic E-state index is 11.9. The summed E-state index contributed by atoms with van der Waals surface area (Å²) in [5.74, 6) is -0.419. The van der Waals surface area contributed by atoms with Crippen molar-refractivity contribution in [3.8, 4) is 6.07 Å². The maximum Gasteiger partial charge on any atom is 0.407 e. The second kappa shape index (κ2) is 7.74. The summed E-state index contributed by atoms with van der Waals surface area (Å²) < 4.78 is 10.3. The standard InChI is InChI=1S/C17H23N3O4S/c1-5-23-15(21)13-8-11(9-18)14(25-13)20-7-6-12(10-20)19-16(22)24-17(2,3)4/h8,12H,5-7,10H2,1-4H3,(H,19,22). The minimum Gasteiger partial charge on any atom is -0.462 e. The quantitative estimate of drug-likeness (QED) is 0.825. The second-order valence-corrected chi connectivity index (χ2v) is 7.77. The highest BCUT2D eigenvalue weighted by Crippen LogP contribution is 2.34. The Labute approximate surface area is 151 Å². The molecule has 2 rings (SSSR count). The molecule has 0 bridgehead atoms. The van der Waals surface area contributed by atoms with E-state index in [4.69, 9.17) is 9.47 Å². The number of amides is 1. The highest BCUT2D eigenvalue weighted by atomic mass is 32.1. The van der Waals surface area contributed by atoms with Gasteiger partial charge in [-0.15, -0.1) is 11.3 Å². The van der Waals surface area contributed by atoms with Crippen molar-refractivity contribution in [3.63, 3.8) is 0 Å². The van der Waals surface area contributed by atoms with Crippen molar-refractivity contribution in [2.24, 2.45) is 0 Å². The van der Waals surface area contributed by atoms with Crippen LogP contribution < -0.4 is 10.2 Å². The molecule has 1 aromatic heterocycles. The smallest absolute Gasteiger partial charge is 0.407 e. The lowest BCUT2D eigenvalue weighted by atomic mass is 10.2. The second-order valence-electron chi connectivity index (χ2n) is 6.74. The number of thiophene rings is 1. The van der Waals surface area contributed by atoms with Gasteiger partial charge in [0.1, 0.15) is 21.5 Å². The molecule has 136 valence electrons. The van der Waals surface area contributed by atoms with Crippen molar-refractivity contribution in [3.05, 3.63) is 16.5 Å². The summed E-state index contributed by atoms with van der Waals surface area (Å²) in [4.78, 5) is 26.2. The lowest BCUT2D eigenvalue weighted by molar-refractivity contribution is 0.0505. The van der Waals surface area contributed by atoms with E-state index in [0.29, 0.717) is 30.1 Å². The molecule has 7 nitrogen and oxygen atoms in total. The lowest BCUT2D eigenvalue weighted by Crippen LogP contribution is -2.40. The third-order valence-electron chi connectivity index (χ3n) is 3.51. The highest BCUT2D eigenvalue weighted by molar-refractivity contribution is 7.18. The molecule has 1 atom stereocenters. The number of nitriles is 1. The molecule has 2 heterocycles. The largest absolute Gasteiger partial charge is 0.462 e. The van der Waals surface area contributed by atoms with Gasteiger partial charge in [-0.2, -0.15) is 5.26 Å². The third kappa shape index (κ3) is 5.10. The molecule has 1 N–H and O–H groups in total. The van der Waals surface area contributed by atoms with Gasteiger partial charge in [-0.05, 0) is 40.2 Å². The molecule has 1 fully saturated rings. The van der Waals surface area contributed by atoms with Crippen LogP contribution in [0.4, 0.5) is 9.80 Å². The molecule has 0 saturated carbocycles. The molecule has 0 aromatic carbocycles. The van der Waals surface area contributed by atoms with Gasteiger partial charge in [-0.3, -0.25) is 0 Å². The topological polar surface area (TPSA) is 91.7 Å². The van der Waals surface area contributed by atoms with Gasteiger partial charge >= 0.3 is 12.1 Å². The van der Waals surface area contributed by atoms with Crippen LogP contribution in [0.5, 0.6) is 0 Å². The van der Waals surface area contributed by atoms with Gasteiger partial charge in [0, 0.05) is 13.1 Å². The maximum absolute atomic E-state index is 11.9. The van der Waals surface area contributed by atoms with Crippen LogP contribution in [0.1, 0.15) is 49.4 Å². The van der Waals surface area contributed by atoms with E-state index in [9.17, 15) is 14.9 Å². The number of ether oxygens (including phenoxy) is 2. The summed E-state index contributed by atoms with van der Waals surface area (Å²) in [5, 5.41) is 12.9. The van der Waals surface area contributed by atoms with Crippen molar-refractivity contribution in [1.82, 2.24) is 5.32 Å². The lowest BCUT2D eigenvalue weighted by Gasteiger charge is -2.22. The molecule has 25 heavy (non-hydrogen) atoms. The van der Waals surface area contributed by atoms with E-state index < -0.39 is 17.7 Å². The van der Waals surface area contributed by atoms with Crippen LogP contribution in [0.15, 0.2) is 6.07 Å². The van der Waals surface area contributed by atoms with Crippen LogP contribution in [-0.4, -0.2) is 43.4 Å². The van der Waals surface area contributed by atoms with Crippen LogP contribution >= 0.6 is 11.3 Å². The average Bonchev–Trinajstić information content (AvgIpc) is 3.11. The Morgan fingerprint density at radius 2 is 2.20 bits per heavy atom. The predicted molar refractivity (Wildman–Crippen MR) is 95.0 cm³/mol. The highest BCUT2D eigenvalue weighted by Gasteiger charge is 2.29. The molecule has 0 radical (unpaired) electrons. The number of hydrogen-bond donors (Lipinski definition) is 1. The fraction of sp³-hybridized carbons (Fsp3) is 0.588. The monoisotopic (exact) mass is 365 g/mol. The zero-order valence-corrected chi connectivity index (χ0v) is 15.7. The first kappa shape index (κ1) is 19.1. The van der Waals surface area contributed by atoms with Gasteiger partial charge in [0.25, 0.3) is 0 Å². The Morgan fingerprint density at radius 3 is 2.80 bits per heavy atom. The van der Waals surface area contributed by atoms with Crippen LogP contribution in [0.2, 0.25) is 0 Å². The first-order valence-electron chi connectivity index (χ1n) is 8.19. The number of esters is 1. The van der Waals surface area contributed by atoms with Crippen molar-refractivity contribution >= 4 is 28.4 Å². The Bertz CT molecular complexity index is 687. The van der Waals surface area contributed by atoms with Gasteiger partial charge in [0.2, 0.25) is 0 Å². The van der Waals surface area contributed by atoms with E-state index in [2.05, 4.69) is 11.4 Å². The fourth-order valence-corrected chi connectivity index (χ4v) is 3.57. The molecule has 0 aliphatic carbocycles. The Hall–Kier alpha value is -2.27. The number of nitrogens with one attached hydrogen (secondary N) is 1. The molecule has 1 saturated heterocycles. The SMILES string of the molecule is CCOC(=O)c1cc(C#N)c(N2CCC(NC(=O)OC(C)(C)C)C2)s1. The molecule has 1 amide bonds. The van der Waals surface area contributed by atoms with Crippen molar-refractivity contribution in [1.29, 1.82) is 5.26 Å². The Balaban J connectivity index is 2.03. The van der Waals surface area contributed by atoms with Gasteiger partial charge in [-0.1, -0.05) is 0 Å². The van der Waals surface area contributed by atoms with E-state index in [1.807, 2.05) is 25.7 Å². The summed E-state index contributed by atoms with van der Waals surface area (Å²) >= 11 is 1.25. The number of carbonyl (C=O) groups excluding carboxylic acids is 2. The number of anilines is 1. The molecule has 0 spiro atoms. The predicted octanol–water partition coefficient (Wildman–Crippen LogP) is 2.90. The van der Waals surface area contributed by atoms with E-state index >= 15 is 0 Å². The minimum atomic E-state index is -0.543. The Kier molecular flexibility index (Phi) is 5.90. The number of nitrogens with zero attached hydrogens (tertiary/aromatic N) is 2. The van der Waals surface area contributed by atoms with E-state index in [1.165, 1.54) is 11.3 Å². The summed E-state index contributed by atoms with van der Waals surface area (Å²) in [5.41, 5.74) is -0.0930. The number of rotatable bonds is 4. The number of hydrogen-bond acceptors (Lipinski definition) is 7. The summed E-state index contributed by atoms with van der Waals surface area (Å²) in [7, 11) is 0. The van der Waals surface area contributed by atoms with Crippen molar-refractivity contribution in [2.45, 2.75) is 45.8 Å². The van der Waals surface area contributed by atoms with Crippen LogP contribution in [0.25, 0.3) is 0 Å². The molecule has 8 heteroatoms. The van der Waals surface area contributed by atoms with Crippen LogP contribution in [0.3, 0.4) is 0 Å². The van der Waals surface area contributed by atoms with E-state index in [0.717, 1.165) is 11.4 Å². The Morgan fingerprint density at radius 1 is 1.48 bits per heavy atom. The first-order valence-corrected chi connectivity index (χ1v) is 9.00. The average molecular weight is 365 g/mol. The van der Waals surface area contributed by atoms with Crippen LogP contribution in [0, 0.1) is 11.3 Å². The minimum absolute atomic E-state index is 0.0606. The van der Waals surface area contributed by atoms with Crippen LogP contribution in [-0.2, 0) is 9.47 Å². The summed E-state index contributed by atoms with van der Waals surface area (Å²) in [6, 6.07) is 3.63. The fourth-order valence-electron chi connectivity index (χ4n) is 2.54. The van der Waals surface area contributed by atoms with Gasteiger partial charge in [-0.25, -0.2) is 9.59 Å². The third-order valence-corrected chi connectivity index (χ3v) is 4.68. The van der Waals surface area contributed by atoms with E-state index in [-0.39, 0.29) is 6.04 Å². The molecule has 1 unspecified atom stereocenters. The van der Waals surface area contributed by atoms with Crippen molar-refractivity contribution in [2.75, 3.05) is 24.6 Å².